The maximum atomic E-state index is 11.8. The van der Waals surface area contributed by atoms with Crippen molar-refractivity contribution in [2.24, 2.45) is 5.73 Å². The number of amides is 1. The number of nitrogens with zero attached hydrogens (tertiary/aromatic N) is 1. The number of aryl methyl sites for hydroxylation is 1. The van der Waals surface area contributed by atoms with E-state index in [2.05, 4.69) is 27.4 Å². The number of benzene rings is 1. The Kier molecular flexibility index (Phi) is 5.97. The lowest BCUT2D eigenvalue weighted by molar-refractivity contribution is -0.122. The second-order valence-corrected chi connectivity index (χ2v) is 5.12. The van der Waals surface area contributed by atoms with E-state index >= 15 is 0 Å². The summed E-state index contributed by atoms with van der Waals surface area (Å²) in [5.41, 5.74) is 8.06. The molecule has 21 heavy (non-hydrogen) atoms. The molecule has 0 saturated heterocycles. The van der Waals surface area contributed by atoms with Crippen molar-refractivity contribution in [1.82, 2.24) is 15.3 Å². The molecule has 0 aliphatic heterocycles. The Labute approximate surface area is 125 Å². The maximum Gasteiger partial charge on any atom is 0.237 e. The lowest BCUT2D eigenvalue weighted by Crippen LogP contribution is -2.42. The number of aromatic nitrogens is 2. The summed E-state index contributed by atoms with van der Waals surface area (Å²) in [6.07, 6.45) is 6.81. The zero-order chi connectivity index (χ0) is 14.9. The second kappa shape index (κ2) is 8.21. The van der Waals surface area contributed by atoms with Gasteiger partial charge in [0.05, 0.1) is 12.4 Å². The molecule has 0 saturated carbocycles. The van der Waals surface area contributed by atoms with Gasteiger partial charge in [0.25, 0.3) is 0 Å². The Morgan fingerprint density at radius 1 is 1.29 bits per heavy atom. The number of nitrogens with two attached hydrogens (primary N) is 1. The molecule has 0 spiro atoms. The Balaban J connectivity index is 1.58. The van der Waals surface area contributed by atoms with Crippen molar-refractivity contribution < 1.29 is 4.79 Å². The van der Waals surface area contributed by atoms with Crippen molar-refractivity contribution in [3.8, 4) is 0 Å². The number of rotatable bonds is 8. The third kappa shape index (κ3) is 5.39. The topological polar surface area (TPSA) is 83.8 Å². The van der Waals surface area contributed by atoms with E-state index in [0.29, 0.717) is 13.0 Å². The van der Waals surface area contributed by atoms with Gasteiger partial charge in [-0.3, -0.25) is 4.79 Å². The SMILES string of the molecule is N[C@@H](Cc1cnc[nH]1)C(=O)NCCCCc1ccccc1. The number of H-pyrrole nitrogens is 1. The van der Waals surface area contributed by atoms with Crippen LogP contribution < -0.4 is 11.1 Å². The highest BCUT2D eigenvalue weighted by atomic mass is 16.2. The molecule has 4 N–H and O–H groups in total. The van der Waals surface area contributed by atoms with E-state index in [9.17, 15) is 4.79 Å². The molecule has 112 valence electrons. The van der Waals surface area contributed by atoms with Crippen LogP contribution in [0.5, 0.6) is 0 Å². The molecule has 2 rings (SSSR count). The highest BCUT2D eigenvalue weighted by Crippen LogP contribution is 2.04. The normalized spacial score (nSPS) is 12.0. The van der Waals surface area contributed by atoms with Crippen molar-refractivity contribution in [2.75, 3.05) is 6.54 Å². The Hall–Kier alpha value is -2.14. The minimum Gasteiger partial charge on any atom is -0.355 e. The zero-order valence-electron chi connectivity index (χ0n) is 12.1. The molecule has 1 atom stereocenters. The first kappa shape index (κ1) is 15.3. The molecular weight excluding hydrogens is 264 g/mol. The lowest BCUT2D eigenvalue weighted by Gasteiger charge is -2.11. The number of carbonyl (C=O) groups excluding carboxylic acids is 1. The van der Waals surface area contributed by atoms with E-state index in [0.717, 1.165) is 25.0 Å². The van der Waals surface area contributed by atoms with Gasteiger partial charge in [0.15, 0.2) is 0 Å². The highest BCUT2D eigenvalue weighted by molar-refractivity contribution is 5.81. The first-order valence-corrected chi connectivity index (χ1v) is 7.30. The average molecular weight is 286 g/mol. The molecule has 5 nitrogen and oxygen atoms in total. The largest absolute Gasteiger partial charge is 0.355 e. The summed E-state index contributed by atoms with van der Waals surface area (Å²) >= 11 is 0. The van der Waals surface area contributed by atoms with Gasteiger partial charge in [-0.15, -0.1) is 0 Å². The van der Waals surface area contributed by atoms with Gasteiger partial charge in [-0.25, -0.2) is 4.98 Å². The fraction of sp³-hybridized carbons (Fsp3) is 0.375. The van der Waals surface area contributed by atoms with E-state index in [4.69, 9.17) is 5.73 Å². The van der Waals surface area contributed by atoms with Crippen LogP contribution in [-0.4, -0.2) is 28.5 Å². The summed E-state index contributed by atoms with van der Waals surface area (Å²) in [5, 5.41) is 2.88. The fourth-order valence-corrected chi connectivity index (χ4v) is 2.17. The predicted octanol–water partition coefficient (Wildman–Crippen LogP) is 1.42. The Morgan fingerprint density at radius 3 is 2.81 bits per heavy atom. The fourth-order valence-electron chi connectivity index (χ4n) is 2.17. The average Bonchev–Trinajstić information content (AvgIpc) is 3.00. The van der Waals surface area contributed by atoms with Gasteiger partial charge >= 0.3 is 0 Å². The molecule has 5 heteroatoms. The number of unbranched alkanes of at least 4 members (excludes halogenated alkanes) is 1. The number of aromatic amines is 1. The summed E-state index contributed by atoms with van der Waals surface area (Å²) in [4.78, 5) is 18.7. The molecule has 1 heterocycles. The van der Waals surface area contributed by atoms with Crippen LogP contribution in [0, 0.1) is 0 Å². The maximum absolute atomic E-state index is 11.8. The first-order valence-electron chi connectivity index (χ1n) is 7.30. The first-order chi connectivity index (χ1) is 10.3. The van der Waals surface area contributed by atoms with E-state index < -0.39 is 6.04 Å². The highest BCUT2D eigenvalue weighted by Gasteiger charge is 2.13. The van der Waals surface area contributed by atoms with E-state index in [1.165, 1.54) is 5.56 Å². The molecule has 0 aliphatic rings. The van der Waals surface area contributed by atoms with Crippen molar-refractivity contribution in [3.63, 3.8) is 0 Å². The van der Waals surface area contributed by atoms with Crippen molar-refractivity contribution in [3.05, 3.63) is 54.1 Å². The standard InChI is InChI=1S/C16H22N4O/c17-15(10-14-11-18-12-20-14)16(21)19-9-5-4-8-13-6-2-1-3-7-13/h1-3,6-7,11-12,15H,4-5,8-10,17H2,(H,18,20)(H,19,21)/t15-/m0/s1. The molecule has 0 aliphatic carbocycles. The summed E-state index contributed by atoms with van der Waals surface area (Å²) in [6, 6.07) is 9.83. The molecule has 1 aromatic heterocycles. The molecule has 2 aromatic rings. The number of nitrogens with one attached hydrogen (secondary N) is 2. The van der Waals surface area contributed by atoms with Crippen LogP contribution in [0.15, 0.2) is 42.9 Å². The van der Waals surface area contributed by atoms with Crippen LogP contribution in [0.4, 0.5) is 0 Å². The molecule has 0 unspecified atom stereocenters. The summed E-state index contributed by atoms with van der Waals surface area (Å²) in [6.45, 7) is 0.669. The Bertz CT molecular complexity index is 524. The minimum absolute atomic E-state index is 0.107. The van der Waals surface area contributed by atoms with Gasteiger partial charge in [0, 0.05) is 24.9 Å². The van der Waals surface area contributed by atoms with Gasteiger partial charge < -0.3 is 16.0 Å². The monoisotopic (exact) mass is 286 g/mol. The van der Waals surface area contributed by atoms with Crippen LogP contribution in [0.25, 0.3) is 0 Å². The van der Waals surface area contributed by atoms with Gasteiger partial charge in [0.1, 0.15) is 0 Å². The van der Waals surface area contributed by atoms with Crippen LogP contribution in [0.1, 0.15) is 24.1 Å². The van der Waals surface area contributed by atoms with Gasteiger partial charge in [0.2, 0.25) is 5.91 Å². The van der Waals surface area contributed by atoms with E-state index in [1.807, 2.05) is 18.2 Å². The van der Waals surface area contributed by atoms with E-state index in [1.54, 1.807) is 12.5 Å². The van der Waals surface area contributed by atoms with Gasteiger partial charge in [-0.05, 0) is 24.8 Å². The number of hydrogen-bond acceptors (Lipinski definition) is 3. The smallest absolute Gasteiger partial charge is 0.237 e. The summed E-state index contributed by atoms with van der Waals surface area (Å²) in [7, 11) is 0. The van der Waals surface area contributed by atoms with E-state index in [-0.39, 0.29) is 5.91 Å². The van der Waals surface area contributed by atoms with Crippen LogP contribution in [0.2, 0.25) is 0 Å². The van der Waals surface area contributed by atoms with Crippen molar-refractivity contribution in [1.29, 1.82) is 0 Å². The van der Waals surface area contributed by atoms with Crippen LogP contribution >= 0.6 is 0 Å². The van der Waals surface area contributed by atoms with Gasteiger partial charge in [-0.1, -0.05) is 30.3 Å². The predicted molar refractivity (Wildman–Crippen MR) is 82.7 cm³/mol. The van der Waals surface area contributed by atoms with Crippen LogP contribution in [0.3, 0.4) is 0 Å². The number of carbonyl (C=O) groups is 1. The molecule has 0 radical (unpaired) electrons. The van der Waals surface area contributed by atoms with Crippen molar-refractivity contribution >= 4 is 5.91 Å². The number of imidazole rings is 1. The second-order valence-electron chi connectivity index (χ2n) is 5.12. The van der Waals surface area contributed by atoms with Crippen molar-refractivity contribution in [2.45, 2.75) is 31.7 Å². The summed E-state index contributed by atoms with van der Waals surface area (Å²) in [5.74, 6) is -0.107. The Morgan fingerprint density at radius 2 is 2.10 bits per heavy atom. The number of hydrogen-bond donors (Lipinski definition) is 3. The zero-order valence-corrected chi connectivity index (χ0v) is 12.1. The molecule has 1 aromatic carbocycles. The molecule has 0 bridgehead atoms. The molecule has 0 fully saturated rings. The molecular formula is C16H22N4O. The lowest BCUT2D eigenvalue weighted by atomic mass is 10.1. The van der Waals surface area contributed by atoms with Crippen LogP contribution in [-0.2, 0) is 17.6 Å². The quantitative estimate of drug-likeness (QED) is 0.642. The third-order valence-corrected chi connectivity index (χ3v) is 3.37. The minimum atomic E-state index is -0.528. The third-order valence-electron chi connectivity index (χ3n) is 3.37. The molecule has 1 amide bonds. The summed E-state index contributed by atoms with van der Waals surface area (Å²) < 4.78 is 0. The van der Waals surface area contributed by atoms with Gasteiger partial charge in [-0.2, -0.15) is 0 Å².